The third kappa shape index (κ3) is 2.26. The van der Waals surface area contributed by atoms with Crippen molar-refractivity contribution in [3.8, 4) is 0 Å². The van der Waals surface area contributed by atoms with Crippen LogP contribution >= 0.6 is 0 Å². The predicted molar refractivity (Wildman–Crippen MR) is 64.9 cm³/mol. The molecule has 0 bridgehead atoms. The van der Waals surface area contributed by atoms with Crippen LogP contribution in [0.5, 0.6) is 0 Å². The first-order valence-electron chi connectivity index (χ1n) is 6.42. The SMILES string of the molecule is C=CCCCN1CC2CNCC2C1CC. The summed E-state index contributed by atoms with van der Waals surface area (Å²) in [6, 6.07) is 0.842. The Bertz CT molecular complexity index is 215. The summed E-state index contributed by atoms with van der Waals surface area (Å²) in [5, 5.41) is 3.53. The third-order valence-electron chi connectivity index (χ3n) is 4.10. The third-order valence-corrected chi connectivity index (χ3v) is 4.10. The highest BCUT2D eigenvalue weighted by Crippen LogP contribution is 2.34. The van der Waals surface area contributed by atoms with Crippen LogP contribution in [0.1, 0.15) is 26.2 Å². The average Bonchev–Trinajstić information content (AvgIpc) is 2.77. The number of nitrogens with zero attached hydrogens (tertiary/aromatic N) is 1. The summed E-state index contributed by atoms with van der Waals surface area (Å²) < 4.78 is 0. The molecule has 0 aliphatic carbocycles. The van der Waals surface area contributed by atoms with Gasteiger partial charge in [-0.3, -0.25) is 4.90 Å². The van der Waals surface area contributed by atoms with Crippen LogP contribution < -0.4 is 5.32 Å². The number of hydrogen-bond donors (Lipinski definition) is 1. The molecule has 3 unspecified atom stereocenters. The first-order valence-corrected chi connectivity index (χ1v) is 6.42. The molecule has 2 saturated heterocycles. The summed E-state index contributed by atoms with van der Waals surface area (Å²) in [6.07, 6.45) is 5.81. The van der Waals surface area contributed by atoms with Crippen LogP contribution in [0.2, 0.25) is 0 Å². The Balaban J connectivity index is 1.86. The van der Waals surface area contributed by atoms with Gasteiger partial charge in [-0.1, -0.05) is 13.0 Å². The fourth-order valence-corrected chi connectivity index (χ4v) is 3.37. The number of rotatable bonds is 5. The zero-order chi connectivity index (χ0) is 10.7. The number of hydrogen-bond acceptors (Lipinski definition) is 2. The molecule has 1 N–H and O–H groups in total. The number of unbranched alkanes of at least 4 members (excludes halogenated alkanes) is 1. The van der Waals surface area contributed by atoms with Gasteiger partial charge in [0, 0.05) is 12.6 Å². The van der Waals surface area contributed by atoms with E-state index < -0.39 is 0 Å². The van der Waals surface area contributed by atoms with Gasteiger partial charge in [0.25, 0.3) is 0 Å². The molecule has 86 valence electrons. The second-order valence-electron chi connectivity index (χ2n) is 4.98. The summed E-state index contributed by atoms with van der Waals surface area (Å²) in [5.74, 6) is 1.86. The molecule has 2 aliphatic rings. The summed E-state index contributed by atoms with van der Waals surface area (Å²) in [7, 11) is 0. The minimum atomic E-state index is 0.842. The van der Waals surface area contributed by atoms with Crippen molar-refractivity contribution in [3.05, 3.63) is 12.7 Å². The van der Waals surface area contributed by atoms with Crippen molar-refractivity contribution >= 4 is 0 Å². The number of nitrogens with one attached hydrogen (secondary N) is 1. The van der Waals surface area contributed by atoms with Crippen LogP contribution in [-0.4, -0.2) is 37.1 Å². The first kappa shape index (κ1) is 11.2. The first-order chi connectivity index (χ1) is 7.36. The highest BCUT2D eigenvalue weighted by Gasteiger charge is 2.42. The van der Waals surface area contributed by atoms with Crippen LogP contribution in [0.4, 0.5) is 0 Å². The van der Waals surface area contributed by atoms with Crippen LogP contribution in [-0.2, 0) is 0 Å². The normalized spacial score (nSPS) is 35.7. The average molecular weight is 208 g/mol. The van der Waals surface area contributed by atoms with Crippen molar-refractivity contribution in [2.24, 2.45) is 11.8 Å². The van der Waals surface area contributed by atoms with Crippen molar-refractivity contribution < 1.29 is 0 Å². The van der Waals surface area contributed by atoms with E-state index in [2.05, 4.69) is 23.7 Å². The van der Waals surface area contributed by atoms with Gasteiger partial charge in [0.05, 0.1) is 0 Å². The number of fused-ring (bicyclic) bond motifs is 1. The zero-order valence-corrected chi connectivity index (χ0v) is 9.91. The van der Waals surface area contributed by atoms with Gasteiger partial charge in [-0.05, 0) is 50.7 Å². The maximum atomic E-state index is 3.79. The molecule has 0 aromatic carbocycles. The smallest absolute Gasteiger partial charge is 0.0137 e. The molecular formula is C13H24N2. The molecule has 2 aliphatic heterocycles. The molecule has 0 aromatic rings. The quantitative estimate of drug-likeness (QED) is 0.548. The van der Waals surface area contributed by atoms with Gasteiger partial charge in [-0.15, -0.1) is 6.58 Å². The van der Waals surface area contributed by atoms with Crippen LogP contribution in [0.3, 0.4) is 0 Å². The van der Waals surface area contributed by atoms with Crippen molar-refractivity contribution in [2.75, 3.05) is 26.2 Å². The Hall–Kier alpha value is -0.340. The Morgan fingerprint density at radius 3 is 3.07 bits per heavy atom. The lowest BCUT2D eigenvalue weighted by Crippen LogP contribution is -2.35. The van der Waals surface area contributed by atoms with E-state index in [9.17, 15) is 0 Å². The molecule has 0 spiro atoms. The maximum Gasteiger partial charge on any atom is 0.0137 e. The molecule has 0 radical (unpaired) electrons. The molecule has 2 heterocycles. The second-order valence-corrected chi connectivity index (χ2v) is 4.98. The predicted octanol–water partition coefficient (Wildman–Crippen LogP) is 1.88. The topological polar surface area (TPSA) is 15.3 Å². The lowest BCUT2D eigenvalue weighted by Gasteiger charge is -2.26. The van der Waals surface area contributed by atoms with Gasteiger partial charge < -0.3 is 5.32 Å². The summed E-state index contributed by atoms with van der Waals surface area (Å²) in [5.41, 5.74) is 0. The Kier molecular flexibility index (Phi) is 3.81. The highest BCUT2D eigenvalue weighted by atomic mass is 15.2. The van der Waals surface area contributed by atoms with Crippen molar-refractivity contribution in [3.63, 3.8) is 0 Å². The number of allylic oxidation sites excluding steroid dienone is 1. The van der Waals surface area contributed by atoms with Crippen molar-refractivity contribution in [1.82, 2.24) is 10.2 Å². The molecule has 15 heavy (non-hydrogen) atoms. The van der Waals surface area contributed by atoms with Gasteiger partial charge >= 0.3 is 0 Å². The van der Waals surface area contributed by atoms with E-state index in [1.54, 1.807) is 0 Å². The van der Waals surface area contributed by atoms with E-state index in [4.69, 9.17) is 0 Å². The Labute approximate surface area is 93.7 Å². The highest BCUT2D eigenvalue weighted by molar-refractivity contribution is 4.97. The zero-order valence-electron chi connectivity index (χ0n) is 9.91. The molecule has 2 fully saturated rings. The lowest BCUT2D eigenvalue weighted by molar-refractivity contribution is 0.216. The summed E-state index contributed by atoms with van der Waals surface area (Å²) in [6.45, 7) is 11.2. The number of likely N-dealkylation sites (tertiary alicyclic amines) is 1. The van der Waals surface area contributed by atoms with E-state index >= 15 is 0 Å². The minimum Gasteiger partial charge on any atom is -0.316 e. The molecule has 2 heteroatoms. The van der Waals surface area contributed by atoms with Crippen molar-refractivity contribution in [1.29, 1.82) is 0 Å². The fraction of sp³-hybridized carbons (Fsp3) is 0.846. The molecule has 3 atom stereocenters. The largest absolute Gasteiger partial charge is 0.316 e. The van der Waals surface area contributed by atoms with Gasteiger partial charge in [0.2, 0.25) is 0 Å². The van der Waals surface area contributed by atoms with Gasteiger partial charge in [-0.2, -0.15) is 0 Å². The monoisotopic (exact) mass is 208 g/mol. The lowest BCUT2D eigenvalue weighted by atomic mass is 9.93. The Morgan fingerprint density at radius 2 is 2.33 bits per heavy atom. The summed E-state index contributed by atoms with van der Waals surface area (Å²) in [4.78, 5) is 2.72. The minimum absolute atomic E-state index is 0.842. The van der Waals surface area contributed by atoms with Crippen LogP contribution in [0, 0.1) is 11.8 Å². The van der Waals surface area contributed by atoms with E-state index in [1.165, 1.54) is 45.4 Å². The van der Waals surface area contributed by atoms with E-state index in [0.717, 1.165) is 17.9 Å². The molecular weight excluding hydrogens is 184 g/mol. The summed E-state index contributed by atoms with van der Waals surface area (Å²) >= 11 is 0. The van der Waals surface area contributed by atoms with Gasteiger partial charge in [-0.25, -0.2) is 0 Å². The van der Waals surface area contributed by atoms with Crippen molar-refractivity contribution in [2.45, 2.75) is 32.2 Å². The van der Waals surface area contributed by atoms with E-state index in [1.807, 2.05) is 6.08 Å². The van der Waals surface area contributed by atoms with Crippen LogP contribution in [0.15, 0.2) is 12.7 Å². The van der Waals surface area contributed by atoms with Gasteiger partial charge in [0.1, 0.15) is 0 Å². The van der Waals surface area contributed by atoms with E-state index in [0.29, 0.717) is 0 Å². The maximum absolute atomic E-state index is 3.79. The molecule has 2 nitrogen and oxygen atoms in total. The molecule has 2 rings (SSSR count). The van der Waals surface area contributed by atoms with Crippen LogP contribution in [0.25, 0.3) is 0 Å². The molecule has 0 amide bonds. The van der Waals surface area contributed by atoms with E-state index in [-0.39, 0.29) is 0 Å². The standard InChI is InChI=1S/C13H24N2/c1-3-5-6-7-15-10-11-8-14-9-12(11)13(15)4-2/h3,11-14H,1,4-10H2,2H3. The Morgan fingerprint density at radius 1 is 1.47 bits per heavy atom. The molecule has 0 saturated carbocycles. The second kappa shape index (κ2) is 5.13. The fourth-order valence-electron chi connectivity index (χ4n) is 3.37. The molecule has 0 aromatic heterocycles. The van der Waals surface area contributed by atoms with Gasteiger partial charge in [0.15, 0.2) is 0 Å².